The smallest absolute Gasteiger partial charge is 0.267 e. The number of carbonyl (C=O) groups is 1. The molecule has 7 nitrogen and oxygen atoms in total. The molecule has 1 atom stereocenters. The molecule has 1 amide bonds. The van der Waals surface area contributed by atoms with Crippen molar-refractivity contribution < 1.29 is 4.79 Å². The van der Waals surface area contributed by atoms with E-state index in [1.807, 2.05) is 68.4 Å². The van der Waals surface area contributed by atoms with Gasteiger partial charge < -0.3 is 10.2 Å². The highest BCUT2D eigenvalue weighted by atomic mass is 32.2. The molecule has 33 heavy (non-hydrogen) atoms. The van der Waals surface area contributed by atoms with Gasteiger partial charge in [-0.15, -0.1) is 0 Å². The number of rotatable bonds is 6. The summed E-state index contributed by atoms with van der Waals surface area (Å²) >= 11 is 1.23. The van der Waals surface area contributed by atoms with E-state index in [-0.39, 0.29) is 11.5 Å². The first-order chi connectivity index (χ1) is 15.8. The van der Waals surface area contributed by atoms with Crippen molar-refractivity contribution in [2.45, 2.75) is 24.3 Å². The molecule has 0 unspecified atom stereocenters. The summed E-state index contributed by atoms with van der Waals surface area (Å²) in [5.41, 5.74) is 3.11. The Bertz CT molecular complexity index is 1350. The van der Waals surface area contributed by atoms with Crippen LogP contribution in [0, 0.1) is 6.92 Å². The van der Waals surface area contributed by atoms with E-state index in [1.165, 1.54) is 16.3 Å². The second-order valence-corrected chi connectivity index (χ2v) is 9.24. The van der Waals surface area contributed by atoms with E-state index in [9.17, 15) is 9.59 Å². The number of hydrogen-bond donors (Lipinski definition) is 1. The lowest BCUT2D eigenvalue weighted by Gasteiger charge is -2.17. The highest BCUT2D eigenvalue weighted by molar-refractivity contribution is 8.00. The molecule has 2 heterocycles. The van der Waals surface area contributed by atoms with Gasteiger partial charge in [0.25, 0.3) is 5.56 Å². The normalized spacial score (nSPS) is 11.9. The van der Waals surface area contributed by atoms with Crippen LogP contribution >= 0.6 is 11.8 Å². The number of thioether (sulfide) groups is 1. The number of hydrogen-bond acceptors (Lipinski definition) is 6. The van der Waals surface area contributed by atoms with E-state index >= 15 is 0 Å². The summed E-state index contributed by atoms with van der Waals surface area (Å²) in [5.74, 6) is 0.293. The fourth-order valence-electron chi connectivity index (χ4n) is 3.28. The molecule has 4 aromatic rings. The molecule has 4 rings (SSSR count). The van der Waals surface area contributed by atoms with Crippen LogP contribution in [-0.4, -0.2) is 39.8 Å². The predicted molar refractivity (Wildman–Crippen MR) is 135 cm³/mol. The molecule has 2 aromatic carbocycles. The number of pyridine rings is 1. The number of fused-ring (bicyclic) bond motifs is 1. The number of nitrogens with zero attached hydrogens (tertiary/aromatic N) is 4. The zero-order valence-corrected chi connectivity index (χ0v) is 19.8. The van der Waals surface area contributed by atoms with Crippen LogP contribution in [-0.2, 0) is 4.79 Å². The number of aryl methyl sites for hydroxylation is 1. The minimum atomic E-state index is -0.497. The average Bonchev–Trinajstić information content (AvgIpc) is 2.80. The maximum Gasteiger partial charge on any atom is 0.267 e. The Balaban J connectivity index is 1.65. The third kappa shape index (κ3) is 4.90. The molecular weight excluding hydrogens is 434 g/mol. The van der Waals surface area contributed by atoms with Crippen molar-refractivity contribution in [1.29, 1.82) is 0 Å². The summed E-state index contributed by atoms with van der Waals surface area (Å²) in [6, 6.07) is 18.5. The molecule has 0 aliphatic heterocycles. The minimum Gasteiger partial charge on any atom is -0.378 e. The Hall–Kier alpha value is -3.65. The molecule has 0 saturated carbocycles. The number of anilines is 2. The van der Waals surface area contributed by atoms with Gasteiger partial charge in [-0.3, -0.25) is 9.59 Å². The van der Waals surface area contributed by atoms with Gasteiger partial charge in [-0.1, -0.05) is 30.0 Å². The van der Waals surface area contributed by atoms with Gasteiger partial charge in [-0.2, -0.15) is 0 Å². The van der Waals surface area contributed by atoms with Crippen LogP contribution in [0.15, 0.2) is 76.8 Å². The Morgan fingerprint density at radius 2 is 1.79 bits per heavy atom. The molecule has 0 fully saturated rings. The van der Waals surface area contributed by atoms with Crippen molar-refractivity contribution in [2.75, 3.05) is 24.3 Å². The number of para-hydroxylation sites is 1. The minimum absolute atomic E-state index is 0.177. The topological polar surface area (TPSA) is 80.1 Å². The second kappa shape index (κ2) is 9.46. The number of carbonyl (C=O) groups excluding carboxylic acids is 1. The third-order valence-electron chi connectivity index (χ3n) is 5.17. The van der Waals surface area contributed by atoms with Crippen molar-refractivity contribution in [3.63, 3.8) is 0 Å². The lowest BCUT2D eigenvalue weighted by atomic mass is 10.2. The monoisotopic (exact) mass is 459 g/mol. The summed E-state index contributed by atoms with van der Waals surface area (Å²) in [6.45, 7) is 3.73. The molecular formula is C25H25N5O2S. The molecule has 0 spiro atoms. The Morgan fingerprint density at radius 3 is 2.45 bits per heavy atom. The van der Waals surface area contributed by atoms with Crippen molar-refractivity contribution in [2.24, 2.45) is 0 Å². The number of aromatic nitrogens is 3. The molecule has 0 aliphatic carbocycles. The highest BCUT2D eigenvalue weighted by Gasteiger charge is 2.21. The molecule has 0 aliphatic rings. The Labute approximate surface area is 196 Å². The summed E-state index contributed by atoms with van der Waals surface area (Å²) < 4.78 is 1.47. The van der Waals surface area contributed by atoms with Crippen LogP contribution in [0.2, 0.25) is 0 Å². The first-order valence-corrected chi connectivity index (χ1v) is 11.4. The van der Waals surface area contributed by atoms with Crippen LogP contribution < -0.4 is 15.8 Å². The molecule has 8 heteroatoms. The van der Waals surface area contributed by atoms with Gasteiger partial charge in [-0.25, -0.2) is 14.5 Å². The Morgan fingerprint density at radius 1 is 1.06 bits per heavy atom. The SMILES string of the molecule is Cc1ccc(-n2c(S[C@@H](C)C(=O)Nc3ccc(N(C)C)cc3)nc3ccccc3c2=O)nc1. The van der Waals surface area contributed by atoms with Crippen LogP contribution in [0.4, 0.5) is 11.4 Å². The largest absolute Gasteiger partial charge is 0.378 e. The summed E-state index contributed by atoms with van der Waals surface area (Å²) in [5, 5.41) is 3.36. The van der Waals surface area contributed by atoms with Gasteiger partial charge in [0.1, 0.15) is 5.82 Å². The second-order valence-electron chi connectivity index (χ2n) is 7.94. The number of amides is 1. The first kappa shape index (κ1) is 22.5. The van der Waals surface area contributed by atoms with E-state index in [1.54, 1.807) is 31.3 Å². The number of benzene rings is 2. The van der Waals surface area contributed by atoms with E-state index < -0.39 is 5.25 Å². The summed E-state index contributed by atoms with van der Waals surface area (Å²) in [6.07, 6.45) is 1.71. The zero-order chi connectivity index (χ0) is 23.5. The lowest BCUT2D eigenvalue weighted by molar-refractivity contribution is -0.115. The van der Waals surface area contributed by atoms with Crippen LogP contribution in [0.25, 0.3) is 16.7 Å². The molecule has 0 bridgehead atoms. The van der Waals surface area contributed by atoms with Gasteiger partial charge in [0.15, 0.2) is 5.16 Å². The van der Waals surface area contributed by atoms with E-state index in [0.29, 0.717) is 27.6 Å². The first-order valence-electron chi connectivity index (χ1n) is 10.5. The maximum absolute atomic E-state index is 13.3. The zero-order valence-electron chi connectivity index (χ0n) is 18.9. The molecule has 0 radical (unpaired) electrons. The number of nitrogens with one attached hydrogen (secondary N) is 1. The standard InChI is InChI=1S/C25H25N5O2S/c1-16-9-14-22(26-15-16)30-24(32)20-7-5-6-8-21(20)28-25(30)33-17(2)23(31)27-18-10-12-19(13-11-18)29(3)4/h5-15,17H,1-4H3,(H,27,31)/t17-/m0/s1. The Kier molecular flexibility index (Phi) is 6.46. The molecule has 0 saturated heterocycles. The van der Waals surface area contributed by atoms with E-state index in [2.05, 4.69) is 10.3 Å². The van der Waals surface area contributed by atoms with Gasteiger partial charge in [-0.05, 0) is 61.9 Å². The van der Waals surface area contributed by atoms with Crippen LogP contribution in [0.5, 0.6) is 0 Å². The third-order valence-corrected chi connectivity index (χ3v) is 6.22. The van der Waals surface area contributed by atoms with Gasteiger partial charge >= 0.3 is 0 Å². The van der Waals surface area contributed by atoms with Crippen molar-refractivity contribution in [1.82, 2.24) is 14.5 Å². The molecule has 2 aromatic heterocycles. The van der Waals surface area contributed by atoms with Crippen molar-refractivity contribution in [3.05, 3.63) is 82.8 Å². The van der Waals surface area contributed by atoms with Crippen molar-refractivity contribution >= 4 is 39.9 Å². The van der Waals surface area contributed by atoms with Gasteiger partial charge in [0.05, 0.1) is 16.2 Å². The van der Waals surface area contributed by atoms with Crippen LogP contribution in [0.1, 0.15) is 12.5 Å². The van der Waals surface area contributed by atoms with E-state index in [4.69, 9.17) is 4.98 Å². The highest BCUT2D eigenvalue weighted by Crippen LogP contribution is 2.26. The fourth-order valence-corrected chi connectivity index (χ4v) is 4.20. The van der Waals surface area contributed by atoms with E-state index in [0.717, 1.165) is 11.3 Å². The molecule has 1 N–H and O–H groups in total. The maximum atomic E-state index is 13.3. The quantitative estimate of drug-likeness (QED) is 0.343. The van der Waals surface area contributed by atoms with Gasteiger partial charge in [0.2, 0.25) is 5.91 Å². The lowest BCUT2D eigenvalue weighted by Crippen LogP contribution is -2.26. The molecule has 168 valence electrons. The predicted octanol–water partition coefficient (Wildman–Crippen LogP) is 4.27. The van der Waals surface area contributed by atoms with Crippen molar-refractivity contribution in [3.8, 4) is 5.82 Å². The summed E-state index contributed by atoms with van der Waals surface area (Å²) in [4.78, 5) is 37.3. The summed E-state index contributed by atoms with van der Waals surface area (Å²) in [7, 11) is 3.93. The van der Waals surface area contributed by atoms with Crippen LogP contribution in [0.3, 0.4) is 0 Å². The average molecular weight is 460 g/mol. The van der Waals surface area contributed by atoms with Gasteiger partial charge in [0, 0.05) is 31.7 Å². The fraction of sp³-hybridized carbons (Fsp3) is 0.200.